The molecule has 0 aliphatic heterocycles. The summed E-state index contributed by atoms with van der Waals surface area (Å²) in [6.07, 6.45) is 0. The van der Waals surface area contributed by atoms with Crippen LogP contribution in [0.15, 0.2) is 46.9 Å². The molecule has 1 heterocycles. The van der Waals surface area contributed by atoms with E-state index < -0.39 is 0 Å². The van der Waals surface area contributed by atoms with Crippen LogP contribution in [0.4, 0.5) is 0 Å². The number of benzene rings is 1. The lowest BCUT2D eigenvalue weighted by Gasteiger charge is -2.12. The summed E-state index contributed by atoms with van der Waals surface area (Å²) < 4.78 is 5.64. The molecular formula is C15H19N3O2S. The van der Waals surface area contributed by atoms with E-state index in [-0.39, 0.29) is 5.84 Å². The molecule has 2 aromatic rings. The lowest BCUT2D eigenvalue weighted by Crippen LogP contribution is -2.23. The van der Waals surface area contributed by atoms with Crippen molar-refractivity contribution in [3.05, 3.63) is 52.2 Å². The highest BCUT2D eigenvalue weighted by Gasteiger charge is 2.05. The van der Waals surface area contributed by atoms with Gasteiger partial charge in [-0.05, 0) is 42.6 Å². The lowest BCUT2D eigenvalue weighted by molar-refractivity contribution is 0.308. The summed E-state index contributed by atoms with van der Waals surface area (Å²) in [5.41, 5.74) is 6.16. The van der Waals surface area contributed by atoms with Crippen molar-refractivity contribution in [2.45, 2.75) is 13.0 Å². The van der Waals surface area contributed by atoms with Crippen molar-refractivity contribution in [1.29, 1.82) is 0 Å². The minimum Gasteiger partial charge on any atom is -0.492 e. The van der Waals surface area contributed by atoms with E-state index >= 15 is 0 Å². The molecule has 0 saturated heterocycles. The van der Waals surface area contributed by atoms with Gasteiger partial charge in [0.2, 0.25) is 0 Å². The Morgan fingerprint density at radius 3 is 2.76 bits per heavy atom. The Labute approximate surface area is 128 Å². The molecule has 5 nitrogen and oxygen atoms in total. The lowest BCUT2D eigenvalue weighted by atomic mass is 10.2. The number of hydrogen-bond acceptors (Lipinski definition) is 5. The van der Waals surface area contributed by atoms with Gasteiger partial charge >= 0.3 is 0 Å². The second-order valence-corrected chi connectivity index (χ2v) is 5.53. The predicted octanol–water partition coefficient (Wildman–Crippen LogP) is 2.57. The van der Waals surface area contributed by atoms with Gasteiger partial charge in [0.25, 0.3) is 0 Å². The van der Waals surface area contributed by atoms with Gasteiger partial charge in [-0.2, -0.15) is 0 Å². The van der Waals surface area contributed by atoms with Gasteiger partial charge in [0.05, 0.1) is 0 Å². The molecule has 0 unspecified atom stereocenters. The molecule has 112 valence electrons. The van der Waals surface area contributed by atoms with Crippen molar-refractivity contribution >= 4 is 17.2 Å². The third-order valence-corrected chi connectivity index (χ3v) is 4.10. The van der Waals surface area contributed by atoms with Crippen LogP contribution < -0.4 is 15.8 Å². The Kier molecular flexibility index (Phi) is 5.59. The van der Waals surface area contributed by atoms with E-state index in [4.69, 9.17) is 15.7 Å². The van der Waals surface area contributed by atoms with Crippen molar-refractivity contribution in [1.82, 2.24) is 5.32 Å². The zero-order chi connectivity index (χ0) is 15.1. The third-order valence-electron chi connectivity index (χ3n) is 3.05. The van der Waals surface area contributed by atoms with E-state index in [1.165, 1.54) is 4.88 Å². The fourth-order valence-electron chi connectivity index (χ4n) is 1.86. The number of nitrogens with zero attached hydrogens (tertiary/aromatic N) is 1. The molecule has 0 bridgehead atoms. The fraction of sp³-hybridized carbons (Fsp3) is 0.267. The van der Waals surface area contributed by atoms with Crippen molar-refractivity contribution < 1.29 is 9.94 Å². The van der Waals surface area contributed by atoms with Gasteiger partial charge in [-0.3, -0.25) is 0 Å². The second-order valence-electron chi connectivity index (χ2n) is 4.55. The van der Waals surface area contributed by atoms with Gasteiger partial charge in [0, 0.05) is 23.0 Å². The number of amidine groups is 1. The van der Waals surface area contributed by atoms with Crippen molar-refractivity contribution in [2.75, 3.05) is 13.2 Å². The molecule has 21 heavy (non-hydrogen) atoms. The molecule has 0 radical (unpaired) electrons. The number of ether oxygens (including phenoxy) is 1. The summed E-state index contributed by atoms with van der Waals surface area (Å²) in [4.78, 5) is 1.32. The van der Waals surface area contributed by atoms with Gasteiger partial charge < -0.3 is 21.0 Å². The quantitative estimate of drug-likeness (QED) is 0.241. The third kappa shape index (κ3) is 4.47. The first-order chi connectivity index (χ1) is 10.2. The normalized spacial score (nSPS) is 13.1. The number of nitrogens with one attached hydrogen (secondary N) is 1. The number of oxime groups is 1. The Morgan fingerprint density at radius 1 is 1.38 bits per heavy atom. The van der Waals surface area contributed by atoms with E-state index in [0.29, 0.717) is 18.2 Å². The SMILES string of the molecule is C[C@@H](NCCOc1ccc(/C(N)=N/O)cc1)c1cccs1. The highest BCUT2D eigenvalue weighted by Crippen LogP contribution is 2.17. The molecule has 1 aromatic carbocycles. The predicted molar refractivity (Wildman–Crippen MR) is 85.2 cm³/mol. The van der Waals surface area contributed by atoms with Crippen LogP contribution in [-0.4, -0.2) is 24.2 Å². The maximum Gasteiger partial charge on any atom is 0.170 e. The van der Waals surface area contributed by atoms with Gasteiger partial charge in [-0.25, -0.2) is 0 Å². The summed E-state index contributed by atoms with van der Waals surface area (Å²) >= 11 is 1.75. The first-order valence-corrected chi connectivity index (χ1v) is 7.56. The van der Waals surface area contributed by atoms with Crippen LogP contribution in [0, 0.1) is 0 Å². The van der Waals surface area contributed by atoms with Crippen LogP contribution in [0.2, 0.25) is 0 Å². The van der Waals surface area contributed by atoms with Gasteiger partial charge in [0.15, 0.2) is 5.84 Å². The highest BCUT2D eigenvalue weighted by atomic mass is 32.1. The average Bonchev–Trinajstić information content (AvgIpc) is 3.05. The number of nitrogens with two attached hydrogens (primary N) is 1. The molecule has 1 aromatic heterocycles. The highest BCUT2D eigenvalue weighted by molar-refractivity contribution is 7.10. The van der Waals surface area contributed by atoms with Crippen molar-refractivity contribution in [3.63, 3.8) is 0 Å². The number of hydrogen-bond donors (Lipinski definition) is 3. The summed E-state index contributed by atoms with van der Waals surface area (Å²) in [7, 11) is 0. The summed E-state index contributed by atoms with van der Waals surface area (Å²) in [5, 5.41) is 17.0. The largest absolute Gasteiger partial charge is 0.492 e. The molecule has 6 heteroatoms. The molecule has 4 N–H and O–H groups in total. The van der Waals surface area contributed by atoms with Gasteiger partial charge in [-0.1, -0.05) is 11.2 Å². The minimum atomic E-state index is 0.0907. The summed E-state index contributed by atoms with van der Waals surface area (Å²) in [6, 6.07) is 11.6. The van der Waals surface area contributed by atoms with Crippen molar-refractivity contribution in [2.24, 2.45) is 10.9 Å². The molecule has 0 aliphatic rings. The Balaban J connectivity index is 1.74. The van der Waals surface area contributed by atoms with Gasteiger partial charge in [-0.15, -0.1) is 11.3 Å². The van der Waals surface area contributed by atoms with Crippen LogP contribution in [0.25, 0.3) is 0 Å². The van der Waals surface area contributed by atoms with E-state index in [2.05, 4.69) is 34.9 Å². The van der Waals surface area contributed by atoms with Crippen LogP contribution in [0.3, 0.4) is 0 Å². The molecule has 1 atom stereocenters. The Hall–Kier alpha value is -2.05. The van der Waals surface area contributed by atoms with Crippen LogP contribution in [0.1, 0.15) is 23.4 Å². The smallest absolute Gasteiger partial charge is 0.170 e. The Bertz CT molecular complexity index is 567. The average molecular weight is 305 g/mol. The molecular weight excluding hydrogens is 286 g/mol. The topological polar surface area (TPSA) is 79.9 Å². The van der Waals surface area contributed by atoms with E-state index in [9.17, 15) is 0 Å². The fourth-order valence-corrected chi connectivity index (χ4v) is 2.62. The monoisotopic (exact) mass is 305 g/mol. The zero-order valence-electron chi connectivity index (χ0n) is 11.8. The van der Waals surface area contributed by atoms with E-state index in [1.54, 1.807) is 35.6 Å². The van der Waals surface area contributed by atoms with Gasteiger partial charge in [0.1, 0.15) is 12.4 Å². The minimum absolute atomic E-state index is 0.0907. The maximum absolute atomic E-state index is 8.59. The van der Waals surface area contributed by atoms with Crippen LogP contribution in [-0.2, 0) is 0 Å². The Morgan fingerprint density at radius 2 is 2.14 bits per heavy atom. The summed E-state index contributed by atoms with van der Waals surface area (Å²) in [5.74, 6) is 0.850. The summed E-state index contributed by atoms with van der Waals surface area (Å²) in [6.45, 7) is 3.48. The molecule has 0 amide bonds. The van der Waals surface area contributed by atoms with E-state index in [1.807, 2.05) is 0 Å². The number of thiophene rings is 1. The standard InChI is InChI=1S/C15H19N3O2S/c1-11(14-3-2-10-21-14)17-8-9-20-13-6-4-12(5-7-13)15(16)18-19/h2-7,10-11,17,19H,8-9H2,1H3,(H2,16,18)/t11-/m1/s1. The first kappa shape index (κ1) is 15.3. The molecule has 2 rings (SSSR count). The van der Waals surface area contributed by atoms with E-state index in [0.717, 1.165) is 12.3 Å². The molecule has 0 saturated carbocycles. The number of rotatable bonds is 7. The molecule has 0 aliphatic carbocycles. The molecule has 0 fully saturated rings. The molecule has 0 spiro atoms. The zero-order valence-corrected chi connectivity index (χ0v) is 12.6. The first-order valence-electron chi connectivity index (χ1n) is 6.68. The van der Waals surface area contributed by atoms with Crippen LogP contribution in [0.5, 0.6) is 5.75 Å². The second kappa shape index (κ2) is 7.66. The van der Waals surface area contributed by atoms with Crippen LogP contribution >= 0.6 is 11.3 Å². The maximum atomic E-state index is 8.59. The van der Waals surface area contributed by atoms with Crippen molar-refractivity contribution in [3.8, 4) is 5.75 Å².